The van der Waals surface area contributed by atoms with Gasteiger partial charge in [-0.2, -0.15) is 5.26 Å². The topological polar surface area (TPSA) is 59.3 Å². The van der Waals surface area contributed by atoms with Crippen LogP contribution in [-0.2, 0) is 11.3 Å². The second-order valence-corrected chi connectivity index (χ2v) is 4.35. The molecule has 4 nitrogen and oxygen atoms in total. The highest BCUT2D eigenvalue weighted by molar-refractivity contribution is 5.89. The van der Waals surface area contributed by atoms with Crippen LogP contribution in [0.1, 0.15) is 28.4 Å². The van der Waals surface area contributed by atoms with E-state index in [1.54, 1.807) is 42.5 Å². The standard InChI is InChI=1S/C17H15NO3/c1-2-20-16-8-6-15(7-9-16)17(19)21-12-14-5-3-4-13(10-14)11-18/h3-10H,2,12H2,1H3. The minimum Gasteiger partial charge on any atom is -0.494 e. The van der Waals surface area contributed by atoms with Gasteiger partial charge in [0.2, 0.25) is 0 Å². The van der Waals surface area contributed by atoms with Crippen LogP contribution in [0.2, 0.25) is 0 Å². The Morgan fingerprint density at radius 2 is 1.95 bits per heavy atom. The zero-order valence-corrected chi connectivity index (χ0v) is 11.7. The number of hydrogen-bond donors (Lipinski definition) is 0. The van der Waals surface area contributed by atoms with Gasteiger partial charge in [-0.1, -0.05) is 12.1 Å². The summed E-state index contributed by atoms with van der Waals surface area (Å²) < 4.78 is 10.5. The molecule has 0 spiro atoms. The lowest BCUT2D eigenvalue weighted by Gasteiger charge is -2.06. The minimum absolute atomic E-state index is 0.140. The molecule has 0 saturated carbocycles. The predicted molar refractivity (Wildman–Crippen MR) is 77.9 cm³/mol. The van der Waals surface area contributed by atoms with Crippen molar-refractivity contribution in [3.05, 3.63) is 65.2 Å². The van der Waals surface area contributed by atoms with Gasteiger partial charge in [0, 0.05) is 0 Å². The van der Waals surface area contributed by atoms with Crippen molar-refractivity contribution in [1.29, 1.82) is 5.26 Å². The third kappa shape index (κ3) is 4.08. The molecule has 0 aliphatic rings. The van der Waals surface area contributed by atoms with Gasteiger partial charge >= 0.3 is 5.97 Å². The zero-order valence-electron chi connectivity index (χ0n) is 11.7. The Hall–Kier alpha value is -2.80. The van der Waals surface area contributed by atoms with Crippen LogP contribution in [0.15, 0.2) is 48.5 Å². The first-order valence-corrected chi connectivity index (χ1v) is 6.62. The fourth-order valence-corrected chi connectivity index (χ4v) is 1.82. The molecule has 2 aromatic carbocycles. The first kappa shape index (κ1) is 14.6. The van der Waals surface area contributed by atoms with Gasteiger partial charge in [0.05, 0.1) is 23.8 Å². The highest BCUT2D eigenvalue weighted by atomic mass is 16.5. The molecule has 0 aliphatic heterocycles. The van der Waals surface area contributed by atoms with Gasteiger partial charge < -0.3 is 9.47 Å². The van der Waals surface area contributed by atoms with E-state index in [-0.39, 0.29) is 6.61 Å². The quantitative estimate of drug-likeness (QED) is 0.789. The summed E-state index contributed by atoms with van der Waals surface area (Å²) in [7, 11) is 0. The molecule has 2 aromatic rings. The van der Waals surface area contributed by atoms with Gasteiger partial charge in [0.15, 0.2) is 0 Å². The summed E-state index contributed by atoms with van der Waals surface area (Å²) in [6, 6.07) is 15.8. The van der Waals surface area contributed by atoms with E-state index in [1.807, 2.05) is 13.0 Å². The highest BCUT2D eigenvalue weighted by Crippen LogP contribution is 2.14. The molecule has 0 aliphatic carbocycles. The Morgan fingerprint density at radius 3 is 2.62 bits per heavy atom. The van der Waals surface area contributed by atoms with Crippen LogP contribution >= 0.6 is 0 Å². The summed E-state index contributed by atoms with van der Waals surface area (Å²) in [6.45, 7) is 2.62. The second kappa shape index (κ2) is 7.11. The van der Waals surface area contributed by atoms with Crippen molar-refractivity contribution in [2.24, 2.45) is 0 Å². The van der Waals surface area contributed by atoms with Crippen molar-refractivity contribution in [1.82, 2.24) is 0 Å². The van der Waals surface area contributed by atoms with Crippen molar-refractivity contribution < 1.29 is 14.3 Å². The van der Waals surface area contributed by atoms with E-state index < -0.39 is 5.97 Å². The molecule has 0 fully saturated rings. The van der Waals surface area contributed by atoms with Gasteiger partial charge in [0.1, 0.15) is 12.4 Å². The Labute approximate surface area is 123 Å². The lowest BCUT2D eigenvalue weighted by molar-refractivity contribution is 0.0472. The number of nitrogens with zero attached hydrogens (tertiary/aromatic N) is 1. The number of rotatable bonds is 5. The van der Waals surface area contributed by atoms with E-state index in [1.165, 1.54) is 0 Å². The van der Waals surface area contributed by atoms with Crippen molar-refractivity contribution in [2.75, 3.05) is 6.61 Å². The summed E-state index contributed by atoms with van der Waals surface area (Å²) in [5, 5.41) is 8.82. The molecule has 21 heavy (non-hydrogen) atoms. The summed E-state index contributed by atoms with van der Waals surface area (Å²) in [4.78, 5) is 11.9. The molecule has 0 heterocycles. The number of hydrogen-bond acceptors (Lipinski definition) is 4. The number of esters is 1. The second-order valence-electron chi connectivity index (χ2n) is 4.35. The third-order valence-electron chi connectivity index (χ3n) is 2.83. The van der Waals surface area contributed by atoms with E-state index in [2.05, 4.69) is 6.07 Å². The average Bonchev–Trinajstić information content (AvgIpc) is 2.54. The molecule has 2 rings (SSSR count). The van der Waals surface area contributed by atoms with E-state index in [9.17, 15) is 4.79 Å². The number of carbonyl (C=O) groups excluding carboxylic acids is 1. The SMILES string of the molecule is CCOc1ccc(C(=O)OCc2cccc(C#N)c2)cc1. The average molecular weight is 281 g/mol. The van der Waals surface area contributed by atoms with Crippen molar-refractivity contribution in [2.45, 2.75) is 13.5 Å². The van der Waals surface area contributed by atoms with E-state index in [4.69, 9.17) is 14.7 Å². The van der Waals surface area contributed by atoms with Crippen molar-refractivity contribution >= 4 is 5.97 Å². The molecule has 0 radical (unpaired) electrons. The maximum atomic E-state index is 11.9. The van der Waals surface area contributed by atoms with Gasteiger partial charge in [-0.25, -0.2) is 4.79 Å². The van der Waals surface area contributed by atoms with E-state index in [0.717, 1.165) is 11.3 Å². The summed E-state index contributed by atoms with van der Waals surface area (Å²) in [5.41, 5.74) is 1.80. The Bertz CT molecular complexity index is 656. The molecule has 4 heteroatoms. The zero-order chi connectivity index (χ0) is 15.1. The highest BCUT2D eigenvalue weighted by Gasteiger charge is 2.07. The van der Waals surface area contributed by atoms with Gasteiger partial charge in [0.25, 0.3) is 0 Å². The van der Waals surface area contributed by atoms with Crippen LogP contribution in [0.3, 0.4) is 0 Å². The van der Waals surface area contributed by atoms with Gasteiger partial charge in [-0.05, 0) is 48.9 Å². The summed E-state index contributed by atoms with van der Waals surface area (Å²) in [5.74, 6) is 0.316. The van der Waals surface area contributed by atoms with Crippen LogP contribution in [-0.4, -0.2) is 12.6 Å². The molecule has 0 amide bonds. The summed E-state index contributed by atoms with van der Waals surface area (Å²) in [6.07, 6.45) is 0. The maximum Gasteiger partial charge on any atom is 0.338 e. The normalized spacial score (nSPS) is 9.71. The van der Waals surface area contributed by atoms with E-state index >= 15 is 0 Å². The van der Waals surface area contributed by atoms with Crippen molar-refractivity contribution in [3.8, 4) is 11.8 Å². The molecule has 0 saturated heterocycles. The first-order chi connectivity index (χ1) is 10.2. The smallest absolute Gasteiger partial charge is 0.338 e. The molecule has 0 aromatic heterocycles. The van der Waals surface area contributed by atoms with Gasteiger partial charge in [-0.3, -0.25) is 0 Å². The molecule has 0 N–H and O–H groups in total. The van der Waals surface area contributed by atoms with Gasteiger partial charge in [-0.15, -0.1) is 0 Å². The predicted octanol–water partition coefficient (Wildman–Crippen LogP) is 3.31. The van der Waals surface area contributed by atoms with Crippen LogP contribution in [0, 0.1) is 11.3 Å². The Kier molecular flexibility index (Phi) is 4.94. The lowest BCUT2D eigenvalue weighted by Crippen LogP contribution is -2.05. The Morgan fingerprint density at radius 1 is 1.19 bits per heavy atom. The lowest BCUT2D eigenvalue weighted by atomic mass is 10.1. The van der Waals surface area contributed by atoms with Crippen LogP contribution in [0.5, 0.6) is 5.75 Å². The molecule has 0 unspecified atom stereocenters. The molecule has 106 valence electrons. The number of ether oxygens (including phenoxy) is 2. The number of carbonyl (C=O) groups is 1. The van der Waals surface area contributed by atoms with Crippen LogP contribution in [0.25, 0.3) is 0 Å². The number of nitriles is 1. The number of benzene rings is 2. The molecular weight excluding hydrogens is 266 g/mol. The molecule has 0 atom stereocenters. The van der Waals surface area contributed by atoms with Crippen molar-refractivity contribution in [3.63, 3.8) is 0 Å². The van der Waals surface area contributed by atoms with E-state index in [0.29, 0.717) is 17.7 Å². The molecular formula is C17H15NO3. The van der Waals surface area contributed by atoms with Crippen LogP contribution < -0.4 is 4.74 Å². The molecule has 0 bridgehead atoms. The monoisotopic (exact) mass is 281 g/mol. The minimum atomic E-state index is -0.402. The fourth-order valence-electron chi connectivity index (χ4n) is 1.82. The summed E-state index contributed by atoms with van der Waals surface area (Å²) >= 11 is 0. The first-order valence-electron chi connectivity index (χ1n) is 6.62. The largest absolute Gasteiger partial charge is 0.494 e. The Balaban J connectivity index is 1.96. The van der Waals surface area contributed by atoms with Crippen LogP contribution in [0.4, 0.5) is 0 Å². The third-order valence-corrected chi connectivity index (χ3v) is 2.83. The maximum absolute atomic E-state index is 11.9. The fraction of sp³-hybridized carbons (Fsp3) is 0.176.